The topological polar surface area (TPSA) is 41.6 Å². The van der Waals surface area contributed by atoms with Crippen LogP contribution in [-0.4, -0.2) is 35.2 Å². The largest absolute Gasteiger partial charge is 0.444 e. The van der Waals surface area contributed by atoms with E-state index in [4.69, 9.17) is 4.74 Å². The Balaban J connectivity index is 1.98. The van der Waals surface area contributed by atoms with Crippen LogP contribution in [0.5, 0.6) is 0 Å². The summed E-state index contributed by atoms with van der Waals surface area (Å²) in [6, 6.07) is 10.4. The fraction of sp³-hybridized carbons (Fsp3) is 0.526. The van der Waals surface area contributed by atoms with Gasteiger partial charge in [0.25, 0.3) is 0 Å². The van der Waals surface area contributed by atoms with E-state index in [0.717, 1.165) is 25.9 Å². The van der Waals surface area contributed by atoms with E-state index in [2.05, 4.69) is 24.0 Å². The van der Waals surface area contributed by atoms with E-state index in [1.54, 1.807) is 0 Å². The number of hydrogen-bond donors (Lipinski definition) is 1. The zero-order valence-corrected chi connectivity index (χ0v) is 14.4. The third-order valence-electron chi connectivity index (χ3n) is 3.98. The zero-order valence-electron chi connectivity index (χ0n) is 14.4. The van der Waals surface area contributed by atoms with Gasteiger partial charge in [0.05, 0.1) is 6.04 Å². The molecule has 1 fully saturated rings. The molecule has 1 aromatic rings. The van der Waals surface area contributed by atoms with Crippen LogP contribution in [0.2, 0.25) is 0 Å². The molecule has 0 unspecified atom stereocenters. The molecule has 0 bridgehead atoms. The summed E-state index contributed by atoms with van der Waals surface area (Å²) in [7, 11) is 0. The molecule has 23 heavy (non-hydrogen) atoms. The van der Waals surface area contributed by atoms with Gasteiger partial charge in [-0.15, -0.1) is 6.58 Å². The maximum Gasteiger partial charge on any atom is 0.410 e. The summed E-state index contributed by atoms with van der Waals surface area (Å²) in [5, 5.41) is 3.51. The van der Waals surface area contributed by atoms with E-state index >= 15 is 0 Å². The van der Waals surface area contributed by atoms with Gasteiger partial charge in [-0.1, -0.05) is 36.4 Å². The average molecular weight is 316 g/mol. The fourth-order valence-electron chi connectivity index (χ4n) is 2.92. The van der Waals surface area contributed by atoms with Crippen LogP contribution in [0, 0.1) is 0 Å². The van der Waals surface area contributed by atoms with Gasteiger partial charge in [0, 0.05) is 19.1 Å². The van der Waals surface area contributed by atoms with Gasteiger partial charge in [-0.2, -0.15) is 0 Å². The summed E-state index contributed by atoms with van der Waals surface area (Å²) in [6.07, 6.45) is 3.64. The molecule has 0 aromatic heterocycles. The Morgan fingerprint density at radius 3 is 2.74 bits per heavy atom. The van der Waals surface area contributed by atoms with Gasteiger partial charge < -0.3 is 15.0 Å². The third-order valence-corrected chi connectivity index (χ3v) is 3.98. The molecular formula is C19H28N2O2. The maximum atomic E-state index is 12.4. The van der Waals surface area contributed by atoms with Crippen LogP contribution in [0.4, 0.5) is 4.79 Å². The number of rotatable bonds is 5. The van der Waals surface area contributed by atoms with Gasteiger partial charge in [0.1, 0.15) is 5.60 Å². The van der Waals surface area contributed by atoms with Crippen molar-refractivity contribution in [1.29, 1.82) is 0 Å². The highest BCUT2D eigenvalue weighted by atomic mass is 16.6. The number of ether oxygens (including phenoxy) is 1. The Labute approximate surface area is 139 Å². The van der Waals surface area contributed by atoms with Crippen LogP contribution in [0.15, 0.2) is 43.0 Å². The van der Waals surface area contributed by atoms with Crippen LogP contribution < -0.4 is 5.32 Å². The smallest absolute Gasteiger partial charge is 0.410 e. The zero-order chi connectivity index (χ0) is 16.9. The molecule has 126 valence electrons. The van der Waals surface area contributed by atoms with E-state index in [9.17, 15) is 4.79 Å². The Bertz CT molecular complexity index is 522. The van der Waals surface area contributed by atoms with Crippen molar-refractivity contribution in [2.24, 2.45) is 0 Å². The lowest BCUT2D eigenvalue weighted by Gasteiger charge is -2.32. The predicted octanol–water partition coefficient (Wildman–Crippen LogP) is 3.73. The van der Waals surface area contributed by atoms with Crippen LogP contribution in [-0.2, 0) is 11.3 Å². The van der Waals surface area contributed by atoms with Crippen LogP contribution in [0.1, 0.15) is 39.2 Å². The van der Waals surface area contributed by atoms with Gasteiger partial charge in [0.2, 0.25) is 0 Å². The van der Waals surface area contributed by atoms with Crippen molar-refractivity contribution >= 4 is 6.09 Å². The van der Waals surface area contributed by atoms with E-state index in [-0.39, 0.29) is 18.2 Å². The molecule has 0 aliphatic carbocycles. The van der Waals surface area contributed by atoms with Crippen molar-refractivity contribution < 1.29 is 9.53 Å². The molecule has 2 atom stereocenters. The number of hydrogen-bond acceptors (Lipinski definition) is 3. The highest BCUT2D eigenvalue weighted by Crippen LogP contribution is 2.24. The number of carbonyl (C=O) groups is 1. The van der Waals surface area contributed by atoms with E-state index in [0.29, 0.717) is 0 Å². The average Bonchev–Trinajstić information content (AvgIpc) is 2.97. The molecule has 0 spiro atoms. The predicted molar refractivity (Wildman–Crippen MR) is 93.2 cm³/mol. The number of nitrogens with one attached hydrogen (secondary N) is 1. The number of benzene rings is 1. The second kappa shape index (κ2) is 7.64. The molecule has 1 aliphatic heterocycles. The Hall–Kier alpha value is -1.81. The third kappa shape index (κ3) is 5.10. The summed E-state index contributed by atoms with van der Waals surface area (Å²) in [4.78, 5) is 14.3. The summed E-state index contributed by atoms with van der Waals surface area (Å²) >= 11 is 0. The monoisotopic (exact) mass is 316 g/mol. The minimum atomic E-state index is -0.467. The van der Waals surface area contributed by atoms with Gasteiger partial charge in [0.15, 0.2) is 0 Å². The standard InChI is InChI=1S/C19H28N2O2/c1-5-16(20-14-15-10-7-6-8-11-15)17-12-9-13-21(17)18(22)23-19(2,3)4/h5-8,10-11,16-17,20H,1,9,12-14H2,2-4H3/t16-,17+/m1/s1. The second-order valence-electron chi connectivity index (χ2n) is 7.01. The Morgan fingerprint density at radius 1 is 1.43 bits per heavy atom. The summed E-state index contributed by atoms with van der Waals surface area (Å²) < 4.78 is 5.53. The van der Waals surface area contributed by atoms with E-state index in [1.165, 1.54) is 5.56 Å². The van der Waals surface area contributed by atoms with E-state index in [1.807, 2.05) is 49.9 Å². The number of likely N-dealkylation sites (tertiary alicyclic amines) is 1. The molecule has 0 saturated carbocycles. The van der Waals surface area contributed by atoms with Crippen molar-refractivity contribution in [3.05, 3.63) is 48.6 Å². The minimum absolute atomic E-state index is 0.0604. The van der Waals surface area contributed by atoms with Crippen molar-refractivity contribution in [2.45, 2.75) is 57.8 Å². The van der Waals surface area contributed by atoms with Crippen molar-refractivity contribution in [3.63, 3.8) is 0 Å². The summed E-state index contributed by atoms with van der Waals surface area (Å²) in [6.45, 7) is 11.1. The van der Waals surface area contributed by atoms with Crippen LogP contribution >= 0.6 is 0 Å². The highest BCUT2D eigenvalue weighted by molar-refractivity contribution is 5.69. The molecule has 4 nitrogen and oxygen atoms in total. The molecule has 1 amide bonds. The first-order chi connectivity index (χ1) is 10.9. The number of amides is 1. The van der Waals surface area contributed by atoms with Gasteiger partial charge in [-0.05, 0) is 39.2 Å². The van der Waals surface area contributed by atoms with Crippen molar-refractivity contribution in [1.82, 2.24) is 10.2 Å². The highest BCUT2D eigenvalue weighted by Gasteiger charge is 2.35. The lowest BCUT2D eigenvalue weighted by Crippen LogP contribution is -2.49. The molecule has 1 saturated heterocycles. The van der Waals surface area contributed by atoms with Gasteiger partial charge in [-0.25, -0.2) is 4.79 Å². The summed E-state index contributed by atoms with van der Waals surface area (Å²) in [5.74, 6) is 0. The van der Waals surface area contributed by atoms with Crippen molar-refractivity contribution in [3.8, 4) is 0 Å². The first-order valence-electron chi connectivity index (χ1n) is 8.30. The molecule has 1 N–H and O–H groups in total. The fourth-order valence-corrected chi connectivity index (χ4v) is 2.92. The first kappa shape index (κ1) is 17.5. The van der Waals surface area contributed by atoms with Gasteiger partial charge >= 0.3 is 6.09 Å². The van der Waals surface area contributed by atoms with E-state index < -0.39 is 5.60 Å². The number of nitrogens with zero attached hydrogens (tertiary/aromatic N) is 1. The molecule has 2 rings (SSSR count). The van der Waals surface area contributed by atoms with Crippen LogP contribution in [0.25, 0.3) is 0 Å². The SMILES string of the molecule is C=C[C@@H](NCc1ccccc1)[C@@H]1CCCN1C(=O)OC(C)(C)C. The lowest BCUT2D eigenvalue weighted by atomic mass is 10.1. The Morgan fingerprint density at radius 2 is 2.13 bits per heavy atom. The Kier molecular flexibility index (Phi) is 5.83. The molecular weight excluding hydrogens is 288 g/mol. The quantitative estimate of drug-likeness (QED) is 0.842. The second-order valence-corrected chi connectivity index (χ2v) is 7.01. The first-order valence-corrected chi connectivity index (χ1v) is 8.30. The summed E-state index contributed by atoms with van der Waals surface area (Å²) in [5.41, 5.74) is 0.756. The molecule has 1 heterocycles. The number of carbonyl (C=O) groups excluding carboxylic acids is 1. The lowest BCUT2D eigenvalue weighted by molar-refractivity contribution is 0.0208. The minimum Gasteiger partial charge on any atom is -0.444 e. The van der Waals surface area contributed by atoms with Crippen LogP contribution in [0.3, 0.4) is 0 Å². The molecule has 1 aromatic carbocycles. The van der Waals surface area contributed by atoms with Crippen molar-refractivity contribution in [2.75, 3.05) is 6.54 Å². The van der Waals surface area contributed by atoms with Gasteiger partial charge in [-0.3, -0.25) is 0 Å². The molecule has 4 heteroatoms. The normalized spacial score (nSPS) is 19.4. The molecule has 1 aliphatic rings. The maximum absolute atomic E-state index is 12.4. The molecule has 0 radical (unpaired) electrons.